The Bertz CT molecular complexity index is 565. The predicted octanol–water partition coefficient (Wildman–Crippen LogP) is 2.47. The third-order valence-electron chi connectivity index (χ3n) is 3.18. The van der Waals surface area contributed by atoms with Crippen LogP contribution in [0.5, 0.6) is 0 Å². The molecule has 1 unspecified atom stereocenters. The maximum atomic E-state index is 12.3. The topological polar surface area (TPSA) is 53.4 Å². The van der Waals surface area contributed by atoms with Gasteiger partial charge in [0.1, 0.15) is 10.7 Å². The standard InChI is InChI=1S/C13H14N2O2S2/c16-10-2-1-4-15(6-10)13(17)11-8-19-12(14-11)9-3-5-18-7-9/h3,5,7-8,10,16H,1-2,4,6H2. The van der Waals surface area contributed by atoms with Crippen molar-refractivity contribution in [2.75, 3.05) is 13.1 Å². The molecule has 1 fully saturated rings. The highest BCUT2D eigenvalue weighted by molar-refractivity contribution is 7.14. The number of hydrogen-bond donors (Lipinski definition) is 1. The molecular formula is C13H14N2O2S2. The number of piperidine rings is 1. The lowest BCUT2D eigenvalue weighted by atomic mass is 10.1. The van der Waals surface area contributed by atoms with Crippen LogP contribution in [0.4, 0.5) is 0 Å². The zero-order chi connectivity index (χ0) is 13.2. The number of carbonyl (C=O) groups excluding carboxylic acids is 1. The van der Waals surface area contributed by atoms with Crippen molar-refractivity contribution in [3.8, 4) is 10.6 Å². The molecule has 6 heteroatoms. The summed E-state index contributed by atoms with van der Waals surface area (Å²) >= 11 is 3.10. The van der Waals surface area contributed by atoms with Gasteiger partial charge < -0.3 is 10.0 Å². The van der Waals surface area contributed by atoms with E-state index >= 15 is 0 Å². The minimum absolute atomic E-state index is 0.0727. The number of aromatic nitrogens is 1. The number of hydrogen-bond acceptors (Lipinski definition) is 5. The Morgan fingerprint density at radius 1 is 1.47 bits per heavy atom. The summed E-state index contributed by atoms with van der Waals surface area (Å²) in [6.07, 6.45) is 1.24. The Morgan fingerprint density at radius 3 is 3.11 bits per heavy atom. The molecule has 100 valence electrons. The average molecular weight is 294 g/mol. The first-order valence-electron chi connectivity index (χ1n) is 6.19. The Kier molecular flexibility index (Phi) is 3.63. The van der Waals surface area contributed by atoms with Crippen LogP contribution in [0, 0.1) is 0 Å². The van der Waals surface area contributed by atoms with Gasteiger partial charge in [0.2, 0.25) is 0 Å². The van der Waals surface area contributed by atoms with Crippen molar-refractivity contribution < 1.29 is 9.90 Å². The zero-order valence-electron chi connectivity index (χ0n) is 10.3. The van der Waals surface area contributed by atoms with Gasteiger partial charge in [0.05, 0.1) is 6.10 Å². The van der Waals surface area contributed by atoms with Crippen molar-refractivity contribution in [3.63, 3.8) is 0 Å². The van der Waals surface area contributed by atoms with Crippen LogP contribution in [0.25, 0.3) is 10.6 Å². The Labute approximate surface area is 119 Å². The molecule has 3 rings (SSSR count). The van der Waals surface area contributed by atoms with Gasteiger partial charge in [-0.25, -0.2) is 4.98 Å². The molecule has 2 aromatic heterocycles. The van der Waals surface area contributed by atoms with Gasteiger partial charge >= 0.3 is 0 Å². The van der Waals surface area contributed by atoms with E-state index < -0.39 is 6.10 Å². The summed E-state index contributed by atoms with van der Waals surface area (Å²) in [5, 5.41) is 16.3. The van der Waals surface area contributed by atoms with Crippen molar-refractivity contribution in [1.82, 2.24) is 9.88 Å². The first-order chi connectivity index (χ1) is 9.24. The quantitative estimate of drug-likeness (QED) is 0.925. The summed E-state index contributed by atoms with van der Waals surface area (Å²) in [5.74, 6) is -0.0727. The first-order valence-corrected chi connectivity index (χ1v) is 8.02. The zero-order valence-corrected chi connectivity index (χ0v) is 11.9. The van der Waals surface area contributed by atoms with E-state index in [4.69, 9.17) is 0 Å². The first kappa shape index (κ1) is 12.8. The number of amides is 1. The number of rotatable bonds is 2. The molecule has 3 heterocycles. The number of aliphatic hydroxyl groups excluding tert-OH is 1. The van der Waals surface area contributed by atoms with Crippen LogP contribution in [0.2, 0.25) is 0 Å². The molecule has 1 atom stereocenters. The average Bonchev–Trinajstić information content (AvgIpc) is 3.08. The molecule has 2 aromatic rings. The van der Waals surface area contributed by atoms with Crippen LogP contribution < -0.4 is 0 Å². The predicted molar refractivity (Wildman–Crippen MR) is 76.6 cm³/mol. The van der Waals surface area contributed by atoms with Crippen molar-refractivity contribution in [2.45, 2.75) is 18.9 Å². The molecule has 1 amide bonds. The molecule has 0 bridgehead atoms. The number of nitrogens with zero attached hydrogens (tertiary/aromatic N) is 2. The largest absolute Gasteiger partial charge is 0.391 e. The fourth-order valence-electron chi connectivity index (χ4n) is 2.19. The molecular weight excluding hydrogens is 280 g/mol. The van der Waals surface area contributed by atoms with E-state index in [0.29, 0.717) is 18.8 Å². The summed E-state index contributed by atoms with van der Waals surface area (Å²) in [4.78, 5) is 18.4. The number of β-amino-alcohol motifs (C(OH)–C–C–N with tert-alkyl or cyclic N) is 1. The lowest BCUT2D eigenvalue weighted by Gasteiger charge is -2.29. The van der Waals surface area contributed by atoms with Crippen LogP contribution in [0.1, 0.15) is 23.3 Å². The number of carbonyl (C=O) groups is 1. The SMILES string of the molecule is O=C(c1csc(-c2ccsc2)n1)N1CCCC(O)C1. The Balaban J connectivity index is 1.77. The Hall–Kier alpha value is -1.24. The molecule has 0 radical (unpaired) electrons. The lowest BCUT2D eigenvalue weighted by molar-refractivity contribution is 0.0469. The number of likely N-dealkylation sites (tertiary alicyclic amines) is 1. The fourth-order valence-corrected chi connectivity index (χ4v) is 3.70. The second-order valence-corrected chi connectivity index (χ2v) is 6.24. The number of thiazole rings is 1. The molecule has 0 spiro atoms. The van der Waals surface area contributed by atoms with Crippen LogP contribution in [0.3, 0.4) is 0 Å². The second kappa shape index (κ2) is 5.40. The summed E-state index contributed by atoms with van der Waals surface area (Å²) in [6, 6.07) is 2.00. The van der Waals surface area contributed by atoms with Crippen LogP contribution in [-0.2, 0) is 0 Å². The van der Waals surface area contributed by atoms with Gasteiger partial charge in [0.15, 0.2) is 0 Å². The molecule has 1 aliphatic rings. The molecule has 1 N–H and O–H groups in total. The van der Waals surface area contributed by atoms with E-state index in [-0.39, 0.29) is 5.91 Å². The van der Waals surface area contributed by atoms with Crippen molar-refractivity contribution in [2.24, 2.45) is 0 Å². The van der Waals surface area contributed by atoms with E-state index in [1.807, 2.05) is 16.8 Å². The van der Waals surface area contributed by atoms with E-state index in [1.54, 1.807) is 21.6 Å². The van der Waals surface area contributed by atoms with Gasteiger partial charge in [0.25, 0.3) is 5.91 Å². The smallest absolute Gasteiger partial charge is 0.273 e. The summed E-state index contributed by atoms with van der Waals surface area (Å²) in [5.41, 5.74) is 1.55. The van der Waals surface area contributed by atoms with E-state index in [0.717, 1.165) is 23.4 Å². The monoisotopic (exact) mass is 294 g/mol. The fraction of sp³-hybridized carbons (Fsp3) is 0.385. The highest BCUT2D eigenvalue weighted by Crippen LogP contribution is 2.26. The minimum atomic E-state index is -0.396. The van der Waals surface area contributed by atoms with Gasteiger partial charge in [-0.3, -0.25) is 4.79 Å². The van der Waals surface area contributed by atoms with E-state index in [9.17, 15) is 9.90 Å². The summed E-state index contributed by atoms with van der Waals surface area (Å²) in [6.45, 7) is 1.13. The van der Waals surface area contributed by atoms with Crippen LogP contribution in [-0.4, -0.2) is 40.1 Å². The molecule has 19 heavy (non-hydrogen) atoms. The van der Waals surface area contributed by atoms with Crippen molar-refractivity contribution in [1.29, 1.82) is 0 Å². The van der Waals surface area contributed by atoms with Gasteiger partial charge in [-0.05, 0) is 24.3 Å². The summed E-state index contributed by atoms with van der Waals surface area (Å²) < 4.78 is 0. The number of aliphatic hydroxyl groups is 1. The lowest BCUT2D eigenvalue weighted by Crippen LogP contribution is -2.42. The molecule has 1 aliphatic heterocycles. The highest BCUT2D eigenvalue weighted by atomic mass is 32.1. The normalized spacial score (nSPS) is 19.6. The second-order valence-electron chi connectivity index (χ2n) is 4.60. The third-order valence-corrected chi connectivity index (χ3v) is 4.75. The highest BCUT2D eigenvalue weighted by Gasteiger charge is 2.24. The van der Waals surface area contributed by atoms with Crippen molar-refractivity contribution >= 4 is 28.6 Å². The molecule has 1 saturated heterocycles. The van der Waals surface area contributed by atoms with Gasteiger partial charge in [-0.2, -0.15) is 11.3 Å². The van der Waals surface area contributed by atoms with Crippen molar-refractivity contribution in [3.05, 3.63) is 27.9 Å². The molecule has 4 nitrogen and oxygen atoms in total. The molecule has 0 aliphatic carbocycles. The third kappa shape index (κ3) is 2.70. The minimum Gasteiger partial charge on any atom is -0.391 e. The molecule has 0 aromatic carbocycles. The molecule has 0 saturated carbocycles. The maximum absolute atomic E-state index is 12.3. The number of thiophene rings is 1. The van der Waals surface area contributed by atoms with E-state index in [2.05, 4.69) is 4.98 Å². The van der Waals surface area contributed by atoms with E-state index in [1.165, 1.54) is 11.3 Å². The maximum Gasteiger partial charge on any atom is 0.273 e. The summed E-state index contributed by atoms with van der Waals surface area (Å²) in [7, 11) is 0. The Morgan fingerprint density at radius 2 is 2.37 bits per heavy atom. The van der Waals surface area contributed by atoms with Gasteiger partial charge in [-0.15, -0.1) is 11.3 Å². The van der Waals surface area contributed by atoms with Gasteiger partial charge in [-0.1, -0.05) is 0 Å². The van der Waals surface area contributed by atoms with Gasteiger partial charge in [0, 0.05) is 29.4 Å². The van der Waals surface area contributed by atoms with Crippen LogP contribution >= 0.6 is 22.7 Å². The van der Waals surface area contributed by atoms with Crippen LogP contribution in [0.15, 0.2) is 22.2 Å².